The van der Waals surface area contributed by atoms with Gasteiger partial charge in [-0.3, -0.25) is 19.5 Å². The number of methoxy groups -OCH3 is 3. The zero-order valence-corrected chi connectivity index (χ0v) is 18.6. The topological polar surface area (TPSA) is 131 Å². The lowest BCUT2D eigenvalue weighted by Gasteiger charge is -2.14. The molecule has 1 aromatic heterocycles. The molecule has 0 fully saturated rings. The molecule has 0 saturated carbocycles. The van der Waals surface area contributed by atoms with Crippen LogP contribution >= 0.6 is 11.8 Å². The van der Waals surface area contributed by atoms with Gasteiger partial charge >= 0.3 is 0 Å². The standard InChI is InChI=1S/C20H21N5O6S/c1-29-15-9-12(10-16(30-2)18(15)31-3)19(26)21-11-17-22-23-20(32-4)24(17)13-5-7-14(8-6-13)25(27)28/h5-10H,11H2,1-4H3,(H,21,26). The predicted molar refractivity (Wildman–Crippen MR) is 117 cm³/mol. The van der Waals surface area contributed by atoms with Crippen molar-refractivity contribution in [3.05, 3.63) is 57.9 Å². The quantitative estimate of drug-likeness (QED) is 0.291. The summed E-state index contributed by atoms with van der Waals surface area (Å²) in [5, 5.41) is 22.6. The Hall–Kier alpha value is -3.80. The van der Waals surface area contributed by atoms with Crippen molar-refractivity contribution in [2.24, 2.45) is 0 Å². The number of benzene rings is 2. The van der Waals surface area contributed by atoms with Crippen molar-refractivity contribution < 1.29 is 23.9 Å². The molecule has 0 atom stereocenters. The van der Waals surface area contributed by atoms with Crippen LogP contribution in [0.2, 0.25) is 0 Å². The number of carbonyl (C=O) groups is 1. The smallest absolute Gasteiger partial charge is 0.269 e. The molecule has 0 spiro atoms. The molecule has 11 nitrogen and oxygen atoms in total. The summed E-state index contributed by atoms with van der Waals surface area (Å²) in [6.07, 6.45) is 1.84. The van der Waals surface area contributed by atoms with Crippen LogP contribution in [0.1, 0.15) is 16.2 Å². The number of nitro groups is 1. The second-order valence-corrected chi connectivity index (χ2v) is 7.08. The molecular weight excluding hydrogens is 438 g/mol. The van der Waals surface area contributed by atoms with Crippen LogP contribution in [-0.4, -0.2) is 53.2 Å². The summed E-state index contributed by atoms with van der Waals surface area (Å²) in [6.45, 7) is 0.0695. The molecule has 3 aromatic rings. The number of hydrogen-bond donors (Lipinski definition) is 1. The van der Waals surface area contributed by atoms with Crippen LogP contribution in [0.25, 0.3) is 5.69 Å². The lowest BCUT2D eigenvalue weighted by Crippen LogP contribution is -2.24. The first-order chi connectivity index (χ1) is 15.4. The van der Waals surface area contributed by atoms with Gasteiger partial charge in [-0.1, -0.05) is 11.8 Å². The van der Waals surface area contributed by atoms with Crippen LogP contribution in [0.3, 0.4) is 0 Å². The summed E-state index contributed by atoms with van der Waals surface area (Å²) < 4.78 is 17.6. The van der Waals surface area contributed by atoms with E-state index < -0.39 is 4.92 Å². The average Bonchev–Trinajstić information content (AvgIpc) is 3.24. The van der Waals surface area contributed by atoms with E-state index >= 15 is 0 Å². The van der Waals surface area contributed by atoms with Crippen LogP contribution in [-0.2, 0) is 6.54 Å². The highest BCUT2D eigenvalue weighted by Gasteiger charge is 2.19. The van der Waals surface area contributed by atoms with Gasteiger partial charge in [0.1, 0.15) is 0 Å². The maximum atomic E-state index is 12.8. The second-order valence-electron chi connectivity index (χ2n) is 6.31. The maximum absolute atomic E-state index is 12.8. The fourth-order valence-corrected chi connectivity index (χ4v) is 3.52. The monoisotopic (exact) mass is 459 g/mol. The maximum Gasteiger partial charge on any atom is 0.269 e. The number of thioether (sulfide) groups is 1. The van der Waals surface area contributed by atoms with Gasteiger partial charge in [0, 0.05) is 23.4 Å². The van der Waals surface area contributed by atoms with Crippen LogP contribution in [0, 0.1) is 10.1 Å². The molecule has 0 bridgehead atoms. The fraction of sp³-hybridized carbons (Fsp3) is 0.250. The zero-order chi connectivity index (χ0) is 23.3. The number of ether oxygens (including phenoxy) is 3. The van der Waals surface area contributed by atoms with Gasteiger partial charge < -0.3 is 19.5 Å². The summed E-state index contributed by atoms with van der Waals surface area (Å²) in [5.41, 5.74) is 0.928. The first kappa shape index (κ1) is 22.9. The Morgan fingerprint density at radius 3 is 2.22 bits per heavy atom. The number of aromatic nitrogens is 3. The van der Waals surface area contributed by atoms with Gasteiger partial charge in [0.2, 0.25) is 5.75 Å². The highest BCUT2D eigenvalue weighted by Crippen LogP contribution is 2.38. The molecule has 0 aliphatic carbocycles. The van der Waals surface area contributed by atoms with Gasteiger partial charge in [0.15, 0.2) is 22.5 Å². The van der Waals surface area contributed by atoms with Gasteiger partial charge in [0.05, 0.1) is 32.8 Å². The van der Waals surface area contributed by atoms with E-state index in [1.54, 1.807) is 28.8 Å². The van der Waals surface area contributed by atoms with Gasteiger partial charge in [-0.05, 0) is 30.5 Å². The Morgan fingerprint density at radius 2 is 1.72 bits per heavy atom. The summed E-state index contributed by atoms with van der Waals surface area (Å²) in [6, 6.07) is 9.10. The third kappa shape index (κ3) is 4.59. The first-order valence-corrected chi connectivity index (χ1v) is 10.5. The summed E-state index contributed by atoms with van der Waals surface area (Å²) in [4.78, 5) is 23.3. The molecule has 12 heteroatoms. The molecule has 0 unspecified atom stereocenters. The van der Waals surface area contributed by atoms with Gasteiger partial charge in [0.25, 0.3) is 11.6 Å². The van der Waals surface area contributed by atoms with Gasteiger partial charge in [-0.25, -0.2) is 0 Å². The Bertz CT molecular complexity index is 1110. The van der Waals surface area contributed by atoms with E-state index in [1.807, 2.05) is 6.26 Å². The van der Waals surface area contributed by atoms with Crippen molar-refractivity contribution in [2.75, 3.05) is 27.6 Å². The van der Waals surface area contributed by atoms with E-state index in [1.165, 1.54) is 45.2 Å². The summed E-state index contributed by atoms with van der Waals surface area (Å²) in [7, 11) is 4.42. The largest absolute Gasteiger partial charge is 0.493 e. The molecule has 0 aliphatic heterocycles. The van der Waals surface area contributed by atoms with Crippen molar-refractivity contribution in [3.63, 3.8) is 0 Å². The Labute approximate surface area is 187 Å². The number of hydrogen-bond acceptors (Lipinski definition) is 9. The van der Waals surface area contributed by atoms with E-state index in [0.29, 0.717) is 39.5 Å². The zero-order valence-electron chi connectivity index (χ0n) is 17.8. The predicted octanol–water partition coefficient (Wildman–Crippen LogP) is 2.85. The minimum Gasteiger partial charge on any atom is -0.493 e. The molecule has 2 aromatic carbocycles. The fourth-order valence-electron chi connectivity index (χ4n) is 3.00. The van der Waals surface area contributed by atoms with E-state index in [-0.39, 0.29) is 18.1 Å². The first-order valence-electron chi connectivity index (χ1n) is 9.24. The van der Waals surface area contributed by atoms with Crippen molar-refractivity contribution >= 4 is 23.4 Å². The number of carbonyl (C=O) groups excluding carboxylic acids is 1. The highest BCUT2D eigenvalue weighted by atomic mass is 32.2. The summed E-state index contributed by atoms with van der Waals surface area (Å²) >= 11 is 1.36. The molecular formula is C20H21N5O6S. The Balaban J connectivity index is 1.85. The minimum absolute atomic E-state index is 0.0234. The van der Waals surface area contributed by atoms with E-state index in [0.717, 1.165) is 0 Å². The van der Waals surface area contributed by atoms with Gasteiger partial charge in [-0.15, -0.1) is 10.2 Å². The second kappa shape index (κ2) is 10.0. The van der Waals surface area contributed by atoms with Crippen molar-refractivity contribution in [1.29, 1.82) is 0 Å². The van der Waals surface area contributed by atoms with Gasteiger partial charge in [-0.2, -0.15) is 0 Å². The number of amides is 1. The minimum atomic E-state index is -0.468. The van der Waals surface area contributed by atoms with Crippen LogP contribution in [0.5, 0.6) is 17.2 Å². The molecule has 32 heavy (non-hydrogen) atoms. The number of nitrogens with one attached hydrogen (secondary N) is 1. The van der Waals surface area contributed by atoms with Crippen LogP contribution < -0.4 is 19.5 Å². The van der Waals surface area contributed by atoms with Crippen molar-refractivity contribution in [2.45, 2.75) is 11.7 Å². The lowest BCUT2D eigenvalue weighted by atomic mass is 10.1. The third-order valence-electron chi connectivity index (χ3n) is 4.54. The lowest BCUT2D eigenvalue weighted by molar-refractivity contribution is -0.384. The number of non-ortho nitro benzene ring substituents is 1. The van der Waals surface area contributed by atoms with Crippen molar-refractivity contribution in [3.8, 4) is 22.9 Å². The highest BCUT2D eigenvalue weighted by molar-refractivity contribution is 7.98. The van der Waals surface area contributed by atoms with E-state index in [9.17, 15) is 14.9 Å². The number of rotatable bonds is 9. The third-order valence-corrected chi connectivity index (χ3v) is 5.17. The van der Waals surface area contributed by atoms with E-state index in [4.69, 9.17) is 14.2 Å². The molecule has 1 heterocycles. The van der Waals surface area contributed by atoms with Crippen LogP contribution in [0.15, 0.2) is 41.6 Å². The number of nitro benzene ring substituents is 1. The molecule has 1 amide bonds. The summed E-state index contributed by atoms with van der Waals surface area (Å²) in [5.74, 6) is 1.18. The molecule has 0 saturated heterocycles. The normalized spacial score (nSPS) is 10.5. The molecule has 3 rings (SSSR count). The Morgan fingerprint density at radius 1 is 1.09 bits per heavy atom. The number of nitrogens with zero attached hydrogens (tertiary/aromatic N) is 4. The average molecular weight is 459 g/mol. The van der Waals surface area contributed by atoms with E-state index in [2.05, 4.69) is 15.5 Å². The molecule has 168 valence electrons. The molecule has 0 aliphatic rings. The van der Waals surface area contributed by atoms with Crippen molar-refractivity contribution in [1.82, 2.24) is 20.1 Å². The molecule has 0 radical (unpaired) electrons. The Kier molecular flexibility index (Phi) is 7.15. The molecule has 1 N–H and O–H groups in total. The van der Waals surface area contributed by atoms with Crippen LogP contribution in [0.4, 0.5) is 5.69 Å². The SMILES string of the molecule is COc1cc(C(=O)NCc2nnc(SC)n2-c2ccc([N+](=O)[O-])cc2)cc(OC)c1OC.